The van der Waals surface area contributed by atoms with Gasteiger partial charge in [0.05, 0.1) is 5.69 Å². The quantitative estimate of drug-likeness (QED) is 0.755. The lowest BCUT2D eigenvalue weighted by atomic mass is 10.1. The number of hydrogen-bond acceptors (Lipinski definition) is 2. The van der Waals surface area contributed by atoms with Crippen LogP contribution in [0.25, 0.3) is 0 Å². The fourth-order valence-corrected chi connectivity index (χ4v) is 1.88. The number of rotatable bonds is 6. The number of aromatic amines is 1. The van der Waals surface area contributed by atoms with Crippen molar-refractivity contribution < 1.29 is 0 Å². The first kappa shape index (κ1) is 12.2. The molecule has 0 aliphatic rings. The van der Waals surface area contributed by atoms with Gasteiger partial charge >= 0.3 is 0 Å². The predicted octanol–water partition coefficient (Wildman–Crippen LogP) is 2.43. The highest BCUT2D eigenvalue weighted by molar-refractivity contribution is 5.07. The monoisotopic (exact) mass is 209 g/mol. The van der Waals surface area contributed by atoms with E-state index in [-0.39, 0.29) is 0 Å². The van der Waals surface area contributed by atoms with Crippen molar-refractivity contribution in [3.63, 3.8) is 0 Å². The lowest BCUT2D eigenvalue weighted by Crippen LogP contribution is -2.37. The molecule has 0 aliphatic carbocycles. The van der Waals surface area contributed by atoms with Gasteiger partial charge in [0.2, 0.25) is 0 Å². The molecule has 1 aromatic heterocycles. The predicted molar refractivity (Wildman–Crippen MR) is 64.0 cm³/mol. The zero-order chi connectivity index (χ0) is 11.3. The number of H-pyrrole nitrogens is 1. The van der Waals surface area contributed by atoms with Crippen LogP contribution in [-0.4, -0.2) is 22.3 Å². The van der Waals surface area contributed by atoms with Gasteiger partial charge in [0.25, 0.3) is 0 Å². The van der Waals surface area contributed by atoms with E-state index in [4.69, 9.17) is 0 Å². The van der Waals surface area contributed by atoms with Gasteiger partial charge in [-0.15, -0.1) is 0 Å². The van der Waals surface area contributed by atoms with Gasteiger partial charge in [-0.3, -0.25) is 5.10 Å². The average Bonchev–Trinajstić information content (AvgIpc) is 2.60. The zero-order valence-corrected chi connectivity index (χ0v) is 10.3. The SMILES string of the molecule is CCC(CC)NC(C)Cc1cc(C)[nH]n1. The molecule has 3 heteroatoms. The third-order valence-electron chi connectivity index (χ3n) is 2.78. The number of aromatic nitrogens is 2. The molecule has 1 heterocycles. The molecule has 0 radical (unpaired) electrons. The summed E-state index contributed by atoms with van der Waals surface area (Å²) < 4.78 is 0. The van der Waals surface area contributed by atoms with Gasteiger partial charge in [-0.1, -0.05) is 13.8 Å². The Kier molecular flexibility index (Phi) is 4.82. The lowest BCUT2D eigenvalue weighted by Gasteiger charge is -2.20. The fourth-order valence-electron chi connectivity index (χ4n) is 1.88. The second-order valence-electron chi connectivity index (χ2n) is 4.33. The summed E-state index contributed by atoms with van der Waals surface area (Å²) in [5.74, 6) is 0. The molecule has 0 aromatic carbocycles. The highest BCUT2D eigenvalue weighted by Crippen LogP contribution is 2.04. The van der Waals surface area contributed by atoms with E-state index in [9.17, 15) is 0 Å². The van der Waals surface area contributed by atoms with Gasteiger partial charge in [-0.05, 0) is 32.8 Å². The van der Waals surface area contributed by atoms with E-state index in [0.29, 0.717) is 12.1 Å². The molecule has 0 spiro atoms. The molecule has 0 aliphatic heterocycles. The van der Waals surface area contributed by atoms with E-state index in [2.05, 4.69) is 42.4 Å². The third kappa shape index (κ3) is 4.04. The Balaban J connectivity index is 2.38. The van der Waals surface area contributed by atoms with Crippen LogP contribution in [-0.2, 0) is 6.42 Å². The lowest BCUT2D eigenvalue weighted by molar-refractivity contribution is 0.420. The van der Waals surface area contributed by atoms with Crippen molar-refractivity contribution in [1.82, 2.24) is 15.5 Å². The second-order valence-corrected chi connectivity index (χ2v) is 4.33. The maximum atomic E-state index is 4.25. The van der Waals surface area contributed by atoms with E-state index >= 15 is 0 Å². The minimum absolute atomic E-state index is 0.498. The minimum atomic E-state index is 0.498. The van der Waals surface area contributed by atoms with Gasteiger partial charge < -0.3 is 5.32 Å². The molecular weight excluding hydrogens is 186 g/mol. The zero-order valence-electron chi connectivity index (χ0n) is 10.3. The van der Waals surface area contributed by atoms with Crippen LogP contribution < -0.4 is 5.32 Å². The Hall–Kier alpha value is -0.830. The number of nitrogens with zero attached hydrogens (tertiary/aromatic N) is 1. The summed E-state index contributed by atoms with van der Waals surface area (Å²) in [6.45, 7) is 8.72. The van der Waals surface area contributed by atoms with Gasteiger partial charge in [0.1, 0.15) is 0 Å². The second kappa shape index (κ2) is 5.91. The van der Waals surface area contributed by atoms with E-state index in [1.165, 1.54) is 12.8 Å². The number of aryl methyl sites for hydroxylation is 1. The first-order valence-electron chi connectivity index (χ1n) is 5.92. The molecule has 0 bridgehead atoms. The third-order valence-corrected chi connectivity index (χ3v) is 2.78. The van der Waals surface area contributed by atoms with Crippen LogP contribution in [0.15, 0.2) is 6.07 Å². The van der Waals surface area contributed by atoms with Crippen LogP contribution in [0.4, 0.5) is 0 Å². The highest BCUT2D eigenvalue weighted by Gasteiger charge is 2.10. The van der Waals surface area contributed by atoms with Crippen molar-refractivity contribution in [2.75, 3.05) is 0 Å². The molecule has 0 amide bonds. The maximum absolute atomic E-state index is 4.25. The number of hydrogen-bond donors (Lipinski definition) is 2. The van der Waals surface area contributed by atoms with Crippen molar-refractivity contribution in [1.29, 1.82) is 0 Å². The van der Waals surface area contributed by atoms with Crippen LogP contribution in [0.2, 0.25) is 0 Å². The Morgan fingerprint density at radius 2 is 2.07 bits per heavy atom. The topological polar surface area (TPSA) is 40.7 Å². The molecule has 0 saturated carbocycles. The van der Waals surface area contributed by atoms with E-state index < -0.39 is 0 Å². The molecule has 1 rings (SSSR count). The molecule has 1 atom stereocenters. The van der Waals surface area contributed by atoms with E-state index in [0.717, 1.165) is 17.8 Å². The highest BCUT2D eigenvalue weighted by atomic mass is 15.1. The first-order chi connectivity index (χ1) is 7.15. The summed E-state index contributed by atoms with van der Waals surface area (Å²) in [7, 11) is 0. The molecule has 0 saturated heterocycles. The Bertz CT molecular complexity index is 276. The molecule has 1 unspecified atom stereocenters. The van der Waals surface area contributed by atoms with E-state index in [1.807, 2.05) is 6.92 Å². The first-order valence-corrected chi connectivity index (χ1v) is 5.92. The van der Waals surface area contributed by atoms with Crippen molar-refractivity contribution >= 4 is 0 Å². The molecule has 2 N–H and O–H groups in total. The summed E-state index contributed by atoms with van der Waals surface area (Å²) >= 11 is 0. The van der Waals surface area contributed by atoms with Gasteiger partial charge in [0, 0.05) is 24.2 Å². The van der Waals surface area contributed by atoms with Crippen molar-refractivity contribution in [3.05, 3.63) is 17.5 Å². The normalized spacial score (nSPS) is 13.4. The van der Waals surface area contributed by atoms with Crippen molar-refractivity contribution in [2.24, 2.45) is 0 Å². The van der Waals surface area contributed by atoms with E-state index in [1.54, 1.807) is 0 Å². The molecular formula is C12H23N3. The largest absolute Gasteiger partial charge is 0.311 e. The minimum Gasteiger partial charge on any atom is -0.311 e. The smallest absolute Gasteiger partial charge is 0.0640 e. The van der Waals surface area contributed by atoms with Crippen LogP contribution in [0, 0.1) is 6.92 Å². The van der Waals surface area contributed by atoms with Gasteiger partial charge in [-0.2, -0.15) is 5.10 Å². The molecule has 1 aromatic rings. The molecule has 3 nitrogen and oxygen atoms in total. The van der Waals surface area contributed by atoms with Crippen molar-refractivity contribution in [3.8, 4) is 0 Å². The van der Waals surface area contributed by atoms with Crippen LogP contribution in [0.5, 0.6) is 0 Å². The summed E-state index contributed by atoms with van der Waals surface area (Å²) in [5.41, 5.74) is 2.29. The standard InChI is InChI=1S/C12H23N3/c1-5-11(6-2)13-9(3)7-12-8-10(4)14-15-12/h8-9,11,13H,5-7H2,1-4H3,(H,14,15). The molecule has 15 heavy (non-hydrogen) atoms. The maximum Gasteiger partial charge on any atom is 0.0640 e. The van der Waals surface area contributed by atoms with Crippen LogP contribution >= 0.6 is 0 Å². The summed E-state index contributed by atoms with van der Waals surface area (Å²) in [6, 6.07) is 3.25. The fraction of sp³-hybridized carbons (Fsp3) is 0.750. The Labute approximate surface area is 92.7 Å². The summed E-state index contributed by atoms with van der Waals surface area (Å²) in [6.07, 6.45) is 3.39. The summed E-state index contributed by atoms with van der Waals surface area (Å²) in [5, 5.41) is 10.8. The molecule has 86 valence electrons. The Morgan fingerprint density at radius 3 is 2.53 bits per heavy atom. The van der Waals surface area contributed by atoms with Gasteiger partial charge in [-0.25, -0.2) is 0 Å². The van der Waals surface area contributed by atoms with Crippen LogP contribution in [0.3, 0.4) is 0 Å². The van der Waals surface area contributed by atoms with Gasteiger partial charge in [0.15, 0.2) is 0 Å². The number of nitrogens with one attached hydrogen (secondary N) is 2. The molecule has 0 fully saturated rings. The summed E-state index contributed by atoms with van der Waals surface area (Å²) in [4.78, 5) is 0. The van der Waals surface area contributed by atoms with Crippen LogP contribution in [0.1, 0.15) is 45.0 Å². The van der Waals surface area contributed by atoms with Crippen molar-refractivity contribution in [2.45, 2.75) is 59.0 Å². The average molecular weight is 209 g/mol. The Morgan fingerprint density at radius 1 is 1.40 bits per heavy atom.